The van der Waals surface area contributed by atoms with Gasteiger partial charge in [0.25, 0.3) is 0 Å². The quantitative estimate of drug-likeness (QED) is 0.374. The fourth-order valence-corrected chi connectivity index (χ4v) is 4.71. The topological polar surface area (TPSA) is 68.5 Å². The van der Waals surface area contributed by atoms with Gasteiger partial charge in [0.2, 0.25) is 0 Å². The van der Waals surface area contributed by atoms with E-state index in [-0.39, 0.29) is 11.9 Å². The molecule has 1 fully saturated rings. The first-order chi connectivity index (χ1) is 17.7. The number of methoxy groups -OCH3 is 2. The number of anilines is 1. The minimum atomic E-state index is -0.226. The molecule has 0 unspecified atom stereocenters. The van der Waals surface area contributed by atoms with Gasteiger partial charge in [0.05, 0.1) is 26.8 Å². The molecule has 186 valence electrons. The molecule has 36 heavy (non-hydrogen) atoms. The van der Waals surface area contributed by atoms with Crippen molar-refractivity contribution in [3.05, 3.63) is 95.6 Å². The average Bonchev–Trinajstić information content (AvgIpc) is 3.37. The van der Waals surface area contributed by atoms with Crippen molar-refractivity contribution in [2.24, 2.45) is 0 Å². The number of ether oxygens (including phenoxy) is 2. The normalized spacial score (nSPS) is 15.0. The summed E-state index contributed by atoms with van der Waals surface area (Å²) in [5.74, 6) is 1.87. The molecule has 0 saturated carbocycles. The van der Waals surface area contributed by atoms with E-state index in [1.165, 1.54) is 12.1 Å². The fraction of sp³-hybridized carbons (Fsp3) is 0.296. The van der Waals surface area contributed by atoms with Gasteiger partial charge in [-0.1, -0.05) is 36.4 Å². The van der Waals surface area contributed by atoms with Crippen molar-refractivity contribution in [3.63, 3.8) is 0 Å². The predicted molar refractivity (Wildman–Crippen MR) is 135 cm³/mol. The first-order valence-electron chi connectivity index (χ1n) is 11.9. The zero-order valence-electron chi connectivity index (χ0n) is 20.4. The second-order valence-corrected chi connectivity index (χ2v) is 8.70. The number of hydrogen-bond acceptors (Lipinski definition) is 7. The van der Waals surface area contributed by atoms with Crippen LogP contribution >= 0.6 is 0 Å². The number of piperazine rings is 1. The van der Waals surface area contributed by atoms with Crippen LogP contribution in [0.5, 0.6) is 11.5 Å². The predicted octanol–water partition coefficient (Wildman–Crippen LogP) is 3.79. The van der Waals surface area contributed by atoms with Gasteiger partial charge in [-0.25, -0.2) is 9.07 Å². The maximum atomic E-state index is 13.4. The summed E-state index contributed by atoms with van der Waals surface area (Å²) in [5, 5.41) is 12.8. The molecule has 0 N–H and O–H groups in total. The van der Waals surface area contributed by atoms with Crippen molar-refractivity contribution in [2.45, 2.75) is 12.6 Å². The Balaban J connectivity index is 1.46. The van der Waals surface area contributed by atoms with Crippen LogP contribution in [0.4, 0.5) is 10.1 Å². The van der Waals surface area contributed by atoms with Gasteiger partial charge in [-0.3, -0.25) is 4.90 Å². The number of hydrogen-bond donors (Lipinski definition) is 0. The lowest BCUT2D eigenvalue weighted by Crippen LogP contribution is -2.48. The third kappa shape index (κ3) is 5.01. The van der Waals surface area contributed by atoms with Gasteiger partial charge >= 0.3 is 0 Å². The number of aromatic nitrogens is 4. The first kappa shape index (κ1) is 23.7. The van der Waals surface area contributed by atoms with Crippen molar-refractivity contribution in [1.29, 1.82) is 0 Å². The van der Waals surface area contributed by atoms with Gasteiger partial charge in [0, 0.05) is 31.9 Å². The molecule has 1 saturated heterocycles. The van der Waals surface area contributed by atoms with Crippen LogP contribution in [0.15, 0.2) is 72.8 Å². The molecule has 8 nitrogen and oxygen atoms in total. The number of tetrazole rings is 1. The highest BCUT2D eigenvalue weighted by Crippen LogP contribution is 2.35. The summed E-state index contributed by atoms with van der Waals surface area (Å²) in [7, 11) is 3.27. The van der Waals surface area contributed by atoms with Crippen LogP contribution in [0, 0.1) is 5.82 Å². The highest BCUT2D eigenvalue weighted by Gasteiger charge is 2.31. The van der Waals surface area contributed by atoms with E-state index in [9.17, 15) is 4.39 Å². The van der Waals surface area contributed by atoms with Crippen LogP contribution in [-0.2, 0) is 6.54 Å². The number of nitrogens with zero attached hydrogens (tertiary/aromatic N) is 6. The van der Waals surface area contributed by atoms with Crippen molar-refractivity contribution >= 4 is 5.69 Å². The smallest absolute Gasteiger partial charge is 0.173 e. The van der Waals surface area contributed by atoms with Crippen LogP contribution in [0.25, 0.3) is 0 Å². The molecular weight excluding hydrogens is 459 g/mol. The molecule has 1 aromatic heterocycles. The molecule has 0 radical (unpaired) electrons. The van der Waals surface area contributed by atoms with Gasteiger partial charge in [-0.05, 0) is 58.0 Å². The Labute approximate surface area is 209 Å². The van der Waals surface area contributed by atoms with E-state index in [0.717, 1.165) is 48.8 Å². The maximum absolute atomic E-state index is 13.4. The lowest BCUT2D eigenvalue weighted by Gasteiger charge is -2.40. The van der Waals surface area contributed by atoms with Gasteiger partial charge in [-0.2, -0.15) is 0 Å². The summed E-state index contributed by atoms with van der Waals surface area (Å²) in [4.78, 5) is 4.66. The Morgan fingerprint density at radius 1 is 0.861 bits per heavy atom. The van der Waals surface area contributed by atoms with Crippen LogP contribution in [-0.4, -0.2) is 65.5 Å². The average molecular weight is 489 g/mol. The number of halogens is 1. The third-order valence-electron chi connectivity index (χ3n) is 6.57. The van der Waals surface area contributed by atoms with Gasteiger partial charge in [0.1, 0.15) is 5.82 Å². The molecule has 1 aliphatic heterocycles. The minimum absolute atomic E-state index is 0.182. The number of benzene rings is 3. The lowest BCUT2D eigenvalue weighted by molar-refractivity contribution is 0.201. The largest absolute Gasteiger partial charge is 0.493 e. The van der Waals surface area contributed by atoms with E-state index in [4.69, 9.17) is 9.47 Å². The van der Waals surface area contributed by atoms with Gasteiger partial charge in [0.15, 0.2) is 17.3 Å². The molecule has 0 bridgehead atoms. The number of rotatable bonds is 8. The maximum Gasteiger partial charge on any atom is 0.173 e. The van der Waals surface area contributed by atoms with E-state index in [2.05, 4.69) is 37.5 Å². The standard InChI is InChI=1S/C27H29FN6O2/c1-35-24-13-8-21(18-25(24)36-2)26(27-29-30-31-34(27)19-20-6-4-3-5-7-20)33-16-14-32(15-17-33)23-11-9-22(28)10-12-23/h3-13,18,26H,14-17,19H2,1-2H3/t26-/m1/s1. The minimum Gasteiger partial charge on any atom is -0.493 e. The van der Waals surface area contributed by atoms with E-state index >= 15 is 0 Å². The fourth-order valence-electron chi connectivity index (χ4n) is 4.71. The second-order valence-electron chi connectivity index (χ2n) is 8.70. The molecule has 5 rings (SSSR count). The second kappa shape index (κ2) is 10.7. The van der Waals surface area contributed by atoms with Gasteiger partial charge in [-0.15, -0.1) is 5.10 Å². The molecular formula is C27H29FN6O2. The van der Waals surface area contributed by atoms with Crippen molar-refractivity contribution < 1.29 is 13.9 Å². The zero-order chi connectivity index (χ0) is 24.9. The summed E-state index contributed by atoms with van der Waals surface area (Å²) in [5.41, 5.74) is 3.16. The monoisotopic (exact) mass is 488 g/mol. The zero-order valence-corrected chi connectivity index (χ0v) is 20.4. The summed E-state index contributed by atoms with van der Waals surface area (Å²) in [6.07, 6.45) is 0. The van der Waals surface area contributed by atoms with E-state index < -0.39 is 0 Å². The summed E-state index contributed by atoms with van der Waals surface area (Å²) in [6.45, 7) is 3.75. The van der Waals surface area contributed by atoms with Crippen molar-refractivity contribution in [2.75, 3.05) is 45.3 Å². The Kier molecular flexibility index (Phi) is 7.08. The molecule has 0 amide bonds. The molecule has 1 atom stereocenters. The van der Waals surface area contributed by atoms with Crippen LogP contribution in [0.2, 0.25) is 0 Å². The summed E-state index contributed by atoms with van der Waals surface area (Å²) < 4.78 is 26.3. The SMILES string of the molecule is COc1ccc([C@H](c2nnnn2Cc2ccccc2)N2CCN(c3ccc(F)cc3)CC2)cc1OC. The van der Waals surface area contributed by atoms with Crippen molar-refractivity contribution in [3.8, 4) is 11.5 Å². The highest BCUT2D eigenvalue weighted by atomic mass is 19.1. The lowest BCUT2D eigenvalue weighted by atomic mass is 10.0. The van der Waals surface area contributed by atoms with Crippen LogP contribution in [0.3, 0.4) is 0 Å². The van der Waals surface area contributed by atoms with E-state index in [0.29, 0.717) is 18.0 Å². The Bertz CT molecular complexity index is 1270. The molecule has 2 heterocycles. The molecule has 4 aromatic rings. The van der Waals surface area contributed by atoms with E-state index in [1.54, 1.807) is 14.2 Å². The molecule has 1 aliphatic rings. The van der Waals surface area contributed by atoms with Gasteiger partial charge < -0.3 is 14.4 Å². The molecule has 3 aromatic carbocycles. The first-order valence-corrected chi connectivity index (χ1v) is 11.9. The summed E-state index contributed by atoms with van der Waals surface area (Å²) in [6, 6.07) is 22.6. The Morgan fingerprint density at radius 3 is 2.28 bits per heavy atom. The highest BCUT2D eigenvalue weighted by molar-refractivity contribution is 5.47. The van der Waals surface area contributed by atoms with Crippen LogP contribution in [0.1, 0.15) is 23.0 Å². The molecule has 0 spiro atoms. The van der Waals surface area contributed by atoms with Crippen molar-refractivity contribution in [1.82, 2.24) is 25.1 Å². The summed E-state index contributed by atoms with van der Waals surface area (Å²) >= 11 is 0. The Hall–Kier alpha value is -3.98. The third-order valence-corrected chi connectivity index (χ3v) is 6.57. The van der Waals surface area contributed by atoms with Crippen LogP contribution < -0.4 is 14.4 Å². The molecule has 9 heteroatoms. The molecule has 0 aliphatic carbocycles. The van der Waals surface area contributed by atoms with E-state index in [1.807, 2.05) is 53.2 Å². The Morgan fingerprint density at radius 2 is 1.58 bits per heavy atom.